The average molecular weight is 508 g/mol. The van der Waals surface area contributed by atoms with E-state index in [1.165, 1.54) is 5.56 Å². The maximum Gasteiger partial charge on any atom is 0.226 e. The molecular formula is C27H33NO3Y-2. The van der Waals surface area contributed by atoms with Crippen LogP contribution in [0.25, 0.3) is 17.0 Å². The van der Waals surface area contributed by atoms with Crippen LogP contribution in [0.3, 0.4) is 0 Å². The van der Waals surface area contributed by atoms with Crippen LogP contribution < -0.4 is 0 Å². The van der Waals surface area contributed by atoms with Gasteiger partial charge in [0, 0.05) is 44.7 Å². The van der Waals surface area contributed by atoms with Crippen LogP contribution in [0.1, 0.15) is 55.8 Å². The van der Waals surface area contributed by atoms with Gasteiger partial charge in [-0.1, -0.05) is 65.9 Å². The molecule has 1 aromatic heterocycles. The van der Waals surface area contributed by atoms with Crippen molar-refractivity contribution in [2.45, 2.75) is 48.0 Å². The Morgan fingerprint density at radius 2 is 1.72 bits per heavy atom. The summed E-state index contributed by atoms with van der Waals surface area (Å²) in [7, 11) is 0. The van der Waals surface area contributed by atoms with Crippen molar-refractivity contribution in [3.05, 3.63) is 90.2 Å². The fourth-order valence-electron chi connectivity index (χ4n) is 3.10. The van der Waals surface area contributed by atoms with Crippen LogP contribution >= 0.6 is 0 Å². The maximum atomic E-state index is 8.24. The van der Waals surface area contributed by atoms with Gasteiger partial charge < -0.3 is 14.3 Å². The molecule has 2 aromatic carbocycles. The maximum absolute atomic E-state index is 8.24. The van der Waals surface area contributed by atoms with Gasteiger partial charge in [0.1, 0.15) is 5.76 Å². The molecule has 0 saturated heterocycles. The minimum absolute atomic E-state index is 0. The van der Waals surface area contributed by atoms with Crippen molar-refractivity contribution in [3.63, 3.8) is 0 Å². The zero-order chi connectivity index (χ0) is 23.6. The van der Waals surface area contributed by atoms with Gasteiger partial charge in [-0.25, -0.2) is 4.98 Å². The number of hydrogen-bond acceptors (Lipinski definition) is 3. The summed E-state index contributed by atoms with van der Waals surface area (Å²) < 4.78 is 5.92. The molecule has 169 valence electrons. The first kappa shape index (κ1) is 29.8. The monoisotopic (exact) mass is 508 g/mol. The molecule has 0 fully saturated rings. The molecule has 0 aliphatic rings. The number of rotatable bonds is 5. The van der Waals surface area contributed by atoms with E-state index < -0.39 is 0 Å². The Morgan fingerprint density at radius 1 is 1.16 bits per heavy atom. The largest absolute Gasteiger partial charge is 0.665 e. The quantitative estimate of drug-likeness (QED) is 0.375. The predicted octanol–water partition coefficient (Wildman–Crippen LogP) is 7.06. The van der Waals surface area contributed by atoms with E-state index in [2.05, 4.69) is 52.5 Å². The zero-order valence-corrected chi connectivity index (χ0v) is 22.9. The smallest absolute Gasteiger partial charge is 0.226 e. The summed E-state index contributed by atoms with van der Waals surface area (Å²) in [6.45, 7) is 21.4. The number of hydrogen-bond donors (Lipinski definition) is 1. The fraction of sp³-hybridized carbons (Fsp3) is 0.296. The first-order chi connectivity index (χ1) is 14.7. The molecule has 4 nitrogen and oxygen atoms in total. The number of allylic oxidation sites excluding steroid dienone is 1. The van der Waals surface area contributed by atoms with Gasteiger partial charge in [0.15, 0.2) is 0 Å². The van der Waals surface area contributed by atoms with Gasteiger partial charge in [-0.15, -0.1) is 12.1 Å². The topological polar surface area (TPSA) is 63.3 Å². The van der Waals surface area contributed by atoms with Crippen LogP contribution in [0.2, 0.25) is 0 Å². The van der Waals surface area contributed by atoms with Crippen LogP contribution in [0.4, 0.5) is 0 Å². The van der Waals surface area contributed by atoms with Gasteiger partial charge >= 0.3 is 0 Å². The third-order valence-corrected chi connectivity index (χ3v) is 5.03. The Balaban J connectivity index is 0.00000148. The van der Waals surface area contributed by atoms with Gasteiger partial charge in [0.2, 0.25) is 5.89 Å². The second-order valence-electron chi connectivity index (χ2n) is 7.66. The second kappa shape index (κ2) is 14.1. The number of oxazole rings is 1. The van der Waals surface area contributed by atoms with Crippen molar-refractivity contribution in [3.8, 4) is 11.5 Å². The van der Waals surface area contributed by atoms with E-state index in [0.717, 1.165) is 40.1 Å². The number of aromatic nitrogens is 1. The fourth-order valence-corrected chi connectivity index (χ4v) is 3.10. The summed E-state index contributed by atoms with van der Waals surface area (Å²) in [5.74, 6) is 1.55. The SMILES string of the molecule is C=C(c1ccc([CH2-])c(C)c1)C(C)(C)Cc1nc(-c2ccccc2)oc1C.CC.O=[C-]O.[Y]. The third kappa shape index (κ3) is 8.07. The molecule has 0 spiro atoms. The van der Waals surface area contributed by atoms with Crippen LogP contribution in [0, 0.1) is 26.2 Å². The number of nitrogens with zero attached hydrogens (tertiary/aromatic N) is 1. The summed E-state index contributed by atoms with van der Waals surface area (Å²) >= 11 is 0. The molecule has 1 radical (unpaired) electrons. The summed E-state index contributed by atoms with van der Waals surface area (Å²) in [6.07, 6.45) is 0.777. The molecule has 1 N–H and O–H groups in total. The van der Waals surface area contributed by atoms with Gasteiger partial charge in [0.25, 0.3) is 0 Å². The van der Waals surface area contributed by atoms with E-state index in [1.807, 2.05) is 51.1 Å². The van der Waals surface area contributed by atoms with E-state index in [9.17, 15) is 0 Å². The predicted molar refractivity (Wildman–Crippen MR) is 129 cm³/mol. The Kier molecular flexibility index (Phi) is 13.1. The Morgan fingerprint density at radius 3 is 2.25 bits per heavy atom. The normalized spacial score (nSPS) is 9.94. The Labute approximate surface area is 218 Å². The summed E-state index contributed by atoms with van der Waals surface area (Å²) in [6, 6.07) is 16.3. The van der Waals surface area contributed by atoms with Gasteiger partial charge in [-0.05, 0) is 35.6 Å². The molecule has 0 aliphatic carbocycles. The zero-order valence-electron chi connectivity index (χ0n) is 20.0. The van der Waals surface area contributed by atoms with Gasteiger partial charge in [0.05, 0.1) is 5.69 Å². The third-order valence-electron chi connectivity index (χ3n) is 5.03. The minimum atomic E-state index is -0.134. The van der Waals surface area contributed by atoms with E-state index in [0.29, 0.717) is 12.4 Å². The number of benzene rings is 2. The first-order valence-corrected chi connectivity index (χ1v) is 10.3. The first-order valence-electron chi connectivity index (χ1n) is 10.3. The van der Waals surface area contributed by atoms with Gasteiger partial charge in [-0.2, -0.15) is 24.1 Å². The van der Waals surface area contributed by atoms with Crippen molar-refractivity contribution in [2.75, 3.05) is 0 Å². The van der Waals surface area contributed by atoms with Crippen molar-refractivity contribution in [1.82, 2.24) is 4.98 Å². The molecule has 3 aromatic rings. The van der Waals surface area contributed by atoms with Gasteiger partial charge in [-0.3, -0.25) is 0 Å². The van der Waals surface area contributed by atoms with Crippen LogP contribution in [0.15, 0.2) is 59.5 Å². The Hall–Kier alpha value is -2.17. The molecule has 0 amide bonds. The molecule has 32 heavy (non-hydrogen) atoms. The molecule has 0 aliphatic heterocycles. The van der Waals surface area contributed by atoms with Crippen LogP contribution in [0.5, 0.6) is 0 Å². The molecular weight excluding hydrogens is 475 g/mol. The number of aliphatic hydroxyl groups excluding tert-OH is 1. The molecule has 0 unspecified atom stereocenters. The van der Waals surface area contributed by atoms with E-state index in [1.54, 1.807) is 0 Å². The average Bonchev–Trinajstić information content (AvgIpc) is 3.12. The molecule has 1 heterocycles. The van der Waals surface area contributed by atoms with Crippen molar-refractivity contribution >= 4 is 12.0 Å². The molecule has 0 saturated carbocycles. The summed E-state index contributed by atoms with van der Waals surface area (Å²) in [5.41, 5.74) is 6.35. The van der Waals surface area contributed by atoms with E-state index in [-0.39, 0.29) is 38.1 Å². The summed E-state index contributed by atoms with van der Waals surface area (Å²) in [5, 5.41) is 6.76. The van der Waals surface area contributed by atoms with Crippen molar-refractivity contribution < 1.29 is 47.0 Å². The molecule has 5 heteroatoms. The standard InChI is InChI=1S/C24H26NO.C2H6.CHO2.Y/c1-16-12-13-21(14-17(16)2)18(3)24(5,6)15-22-19(4)26-23(25-22)20-10-8-7-9-11-20;1-2;2-1-3;/h7-14H,1,3,15H2,2,4-6H3;1-2H3;(H,2,3);/q-1;;-1;. The van der Waals surface area contributed by atoms with E-state index >= 15 is 0 Å². The Bertz CT molecular complexity index is 991. The van der Waals surface area contributed by atoms with E-state index in [4.69, 9.17) is 19.3 Å². The van der Waals surface area contributed by atoms with Crippen molar-refractivity contribution in [2.24, 2.45) is 5.41 Å². The van der Waals surface area contributed by atoms with Crippen LogP contribution in [-0.4, -0.2) is 16.6 Å². The van der Waals surface area contributed by atoms with Crippen LogP contribution in [-0.2, 0) is 43.9 Å². The molecule has 0 atom stereocenters. The molecule has 0 bridgehead atoms. The minimum Gasteiger partial charge on any atom is -0.665 e. The second-order valence-corrected chi connectivity index (χ2v) is 7.66. The molecule has 3 rings (SSSR count). The number of aryl methyl sites for hydroxylation is 2. The summed E-state index contributed by atoms with van der Waals surface area (Å²) in [4.78, 5) is 13.0. The van der Waals surface area contributed by atoms with Crippen molar-refractivity contribution in [1.29, 1.82) is 0 Å².